The van der Waals surface area contributed by atoms with Crippen molar-refractivity contribution in [1.82, 2.24) is 10.3 Å². The van der Waals surface area contributed by atoms with Gasteiger partial charge in [0.2, 0.25) is 11.8 Å². The van der Waals surface area contributed by atoms with Crippen molar-refractivity contribution in [3.05, 3.63) is 65.3 Å². The smallest absolute Gasteiger partial charge is 0.226 e. The highest BCUT2D eigenvalue weighted by Gasteiger charge is 2.10. The number of halogens is 1. The van der Waals surface area contributed by atoms with Gasteiger partial charge in [-0.2, -0.15) is 0 Å². The molecule has 0 spiro atoms. The van der Waals surface area contributed by atoms with Crippen molar-refractivity contribution >= 4 is 28.3 Å². The first-order valence-corrected chi connectivity index (χ1v) is 10.8. The number of nitrogens with one attached hydrogen (secondary N) is 2. The van der Waals surface area contributed by atoms with E-state index in [1.54, 1.807) is 12.1 Å². The zero-order valence-electron chi connectivity index (χ0n) is 17.4. The van der Waals surface area contributed by atoms with Crippen molar-refractivity contribution in [2.75, 3.05) is 11.9 Å². The highest BCUT2D eigenvalue weighted by atomic mass is 32.1. The zero-order valence-corrected chi connectivity index (χ0v) is 18.2. The van der Waals surface area contributed by atoms with E-state index in [0.717, 1.165) is 16.8 Å². The molecule has 0 fully saturated rings. The molecule has 0 aliphatic rings. The number of amides is 2. The minimum Gasteiger partial charge on any atom is -0.493 e. The Morgan fingerprint density at radius 3 is 2.68 bits per heavy atom. The van der Waals surface area contributed by atoms with Crippen LogP contribution in [0.5, 0.6) is 5.75 Å². The van der Waals surface area contributed by atoms with E-state index >= 15 is 0 Å². The second-order valence-electron chi connectivity index (χ2n) is 7.04. The van der Waals surface area contributed by atoms with E-state index in [4.69, 9.17) is 4.74 Å². The van der Waals surface area contributed by atoms with Gasteiger partial charge in [0.25, 0.3) is 0 Å². The fourth-order valence-corrected chi connectivity index (χ4v) is 3.69. The van der Waals surface area contributed by atoms with E-state index in [2.05, 4.69) is 15.6 Å². The second-order valence-corrected chi connectivity index (χ2v) is 7.90. The standard InChI is InChI=1S/C23H24FN3O3S/c1-15(25-16(2)28)17-8-10-18(11-9-17)21-14-31-23(26-21)27-22(29)7-4-12-30-20-6-3-5-19(24)13-20/h3,5-6,8-11,13-15H,4,7,12H2,1-2H3,(H,25,28)(H,26,27,29). The van der Waals surface area contributed by atoms with Crippen molar-refractivity contribution in [2.45, 2.75) is 32.7 Å². The molecular weight excluding hydrogens is 417 g/mol. The lowest BCUT2D eigenvalue weighted by Crippen LogP contribution is -2.23. The number of hydrogen-bond donors (Lipinski definition) is 2. The first-order chi connectivity index (χ1) is 14.9. The van der Waals surface area contributed by atoms with Gasteiger partial charge in [-0.1, -0.05) is 30.3 Å². The molecule has 3 rings (SSSR count). The van der Waals surface area contributed by atoms with Gasteiger partial charge in [-0.3, -0.25) is 9.59 Å². The zero-order chi connectivity index (χ0) is 22.2. The summed E-state index contributed by atoms with van der Waals surface area (Å²) in [6, 6.07) is 13.6. The fourth-order valence-electron chi connectivity index (χ4n) is 2.96. The van der Waals surface area contributed by atoms with E-state index in [1.165, 1.54) is 30.4 Å². The molecule has 0 bridgehead atoms. The number of carbonyl (C=O) groups is 2. The quantitative estimate of drug-likeness (QED) is 0.461. The number of thiazole rings is 1. The van der Waals surface area contributed by atoms with Gasteiger partial charge in [0.05, 0.1) is 18.3 Å². The molecule has 0 aliphatic heterocycles. The molecule has 1 unspecified atom stereocenters. The SMILES string of the molecule is CC(=O)NC(C)c1ccc(-c2csc(NC(=O)CCCOc3cccc(F)c3)n2)cc1. The van der Waals surface area contributed by atoms with Gasteiger partial charge >= 0.3 is 0 Å². The van der Waals surface area contributed by atoms with Crippen LogP contribution in [0.15, 0.2) is 53.9 Å². The number of aromatic nitrogens is 1. The highest BCUT2D eigenvalue weighted by Crippen LogP contribution is 2.26. The van der Waals surface area contributed by atoms with E-state index in [1.807, 2.05) is 36.6 Å². The van der Waals surface area contributed by atoms with Gasteiger partial charge in [-0.25, -0.2) is 9.37 Å². The van der Waals surface area contributed by atoms with Crippen molar-refractivity contribution < 1.29 is 18.7 Å². The summed E-state index contributed by atoms with van der Waals surface area (Å²) in [5, 5.41) is 8.06. The molecule has 6 nitrogen and oxygen atoms in total. The third-order valence-electron chi connectivity index (χ3n) is 4.49. The van der Waals surface area contributed by atoms with E-state index < -0.39 is 0 Å². The monoisotopic (exact) mass is 441 g/mol. The number of hydrogen-bond acceptors (Lipinski definition) is 5. The Balaban J connectivity index is 1.46. The van der Waals surface area contributed by atoms with E-state index in [9.17, 15) is 14.0 Å². The van der Waals surface area contributed by atoms with Crippen molar-refractivity contribution in [1.29, 1.82) is 0 Å². The predicted octanol–water partition coefficient (Wildman–Crippen LogP) is 4.94. The lowest BCUT2D eigenvalue weighted by Gasteiger charge is -2.13. The lowest BCUT2D eigenvalue weighted by atomic mass is 10.1. The number of ether oxygens (including phenoxy) is 1. The predicted molar refractivity (Wildman–Crippen MR) is 120 cm³/mol. The molecular formula is C23H24FN3O3S. The molecule has 3 aromatic rings. The molecule has 31 heavy (non-hydrogen) atoms. The molecule has 0 saturated carbocycles. The maximum atomic E-state index is 13.1. The van der Waals surface area contributed by atoms with E-state index in [0.29, 0.717) is 23.9 Å². The fraction of sp³-hybridized carbons (Fsp3) is 0.261. The molecule has 1 heterocycles. The topological polar surface area (TPSA) is 80.3 Å². The van der Waals surface area contributed by atoms with Crippen LogP contribution in [-0.2, 0) is 9.59 Å². The number of nitrogens with zero attached hydrogens (tertiary/aromatic N) is 1. The average Bonchev–Trinajstić information content (AvgIpc) is 3.19. The minimum atomic E-state index is -0.355. The summed E-state index contributed by atoms with van der Waals surface area (Å²) >= 11 is 1.36. The summed E-state index contributed by atoms with van der Waals surface area (Å²) < 4.78 is 18.5. The first-order valence-electron chi connectivity index (χ1n) is 9.92. The summed E-state index contributed by atoms with van der Waals surface area (Å²) in [7, 11) is 0. The van der Waals surface area contributed by atoms with Gasteiger partial charge < -0.3 is 15.4 Å². The first kappa shape index (κ1) is 22.4. The van der Waals surface area contributed by atoms with Gasteiger partial charge in [0.15, 0.2) is 5.13 Å². The van der Waals surface area contributed by atoms with Crippen LogP contribution in [0, 0.1) is 5.82 Å². The Morgan fingerprint density at radius 2 is 1.97 bits per heavy atom. The van der Waals surface area contributed by atoms with Crippen LogP contribution in [0.1, 0.15) is 38.3 Å². The van der Waals surface area contributed by atoms with Gasteiger partial charge in [-0.15, -0.1) is 11.3 Å². The number of rotatable bonds is 9. The van der Waals surface area contributed by atoms with Crippen molar-refractivity contribution in [2.24, 2.45) is 0 Å². The second kappa shape index (κ2) is 10.7. The Hall–Kier alpha value is -3.26. The molecule has 2 amide bonds. The van der Waals surface area contributed by atoms with Gasteiger partial charge in [-0.05, 0) is 31.0 Å². The van der Waals surface area contributed by atoms with Gasteiger partial charge in [0.1, 0.15) is 11.6 Å². The maximum absolute atomic E-state index is 13.1. The Morgan fingerprint density at radius 1 is 1.19 bits per heavy atom. The largest absolute Gasteiger partial charge is 0.493 e. The summed E-state index contributed by atoms with van der Waals surface area (Å²) in [5.41, 5.74) is 2.70. The Kier molecular flexibility index (Phi) is 7.72. The lowest BCUT2D eigenvalue weighted by molar-refractivity contribution is -0.119. The minimum absolute atomic E-state index is 0.0678. The number of benzene rings is 2. The molecule has 1 atom stereocenters. The van der Waals surface area contributed by atoms with Crippen LogP contribution in [-0.4, -0.2) is 23.4 Å². The summed E-state index contributed by atoms with van der Waals surface area (Å²) in [6.07, 6.45) is 0.786. The maximum Gasteiger partial charge on any atom is 0.226 e. The molecule has 1 aromatic heterocycles. The molecule has 0 aliphatic carbocycles. The Labute approximate surface area is 184 Å². The molecule has 0 saturated heterocycles. The molecule has 0 radical (unpaired) electrons. The molecule has 2 N–H and O–H groups in total. The third-order valence-corrected chi connectivity index (χ3v) is 5.25. The van der Waals surface area contributed by atoms with Gasteiger partial charge in [0, 0.05) is 30.4 Å². The van der Waals surface area contributed by atoms with Crippen LogP contribution >= 0.6 is 11.3 Å². The van der Waals surface area contributed by atoms with Crippen LogP contribution in [0.3, 0.4) is 0 Å². The number of carbonyl (C=O) groups excluding carboxylic acids is 2. The Bertz CT molecular complexity index is 1040. The van der Waals surface area contributed by atoms with Crippen LogP contribution in [0.4, 0.5) is 9.52 Å². The normalized spacial score (nSPS) is 11.6. The van der Waals surface area contributed by atoms with E-state index in [-0.39, 0.29) is 30.1 Å². The third kappa shape index (κ3) is 6.89. The summed E-state index contributed by atoms with van der Waals surface area (Å²) in [6.45, 7) is 3.74. The molecule has 162 valence electrons. The molecule has 8 heteroatoms. The van der Waals surface area contributed by atoms with Crippen molar-refractivity contribution in [3.8, 4) is 17.0 Å². The summed E-state index contributed by atoms with van der Waals surface area (Å²) in [4.78, 5) is 27.8. The highest BCUT2D eigenvalue weighted by molar-refractivity contribution is 7.14. The van der Waals surface area contributed by atoms with Crippen LogP contribution in [0.25, 0.3) is 11.3 Å². The average molecular weight is 442 g/mol. The molecule has 2 aromatic carbocycles. The van der Waals surface area contributed by atoms with Crippen molar-refractivity contribution in [3.63, 3.8) is 0 Å². The number of anilines is 1. The van der Waals surface area contributed by atoms with Crippen LogP contribution in [0.2, 0.25) is 0 Å². The van der Waals surface area contributed by atoms with Crippen LogP contribution < -0.4 is 15.4 Å². The summed E-state index contributed by atoms with van der Waals surface area (Å²) in [5.74, 6) is -0.130.